The average Bonchev–Trinajstić information content (AvgIpc) is 3.18. The number of rotatable bonds is 3. The number of morpholine rings is 1. The van der Waals surface area contributed by atoms with Gasteiger partial charge < -0.3 is 15.0 Å². The van der Waals surface area contributed by atoms with Gasteiger partial charge in [-0.1, -0.05) is 0 Å². The van der Waals surface area contributed by atoms with Crippen LogP contribution in [-0.2, 0) is 14.3 Å². The Hall–Kier alpha value is -1.61. The number of hydrogen-bond donors (Lipinski definition) is 1. The number of ether oxygens (including phenoxy) is 1. The van der Waals surface area contributed by atoms with Crippen LogP contribution in [0.4, 0.5) is 0 Å². The fraction of sp³-hybridized carbons (Fsp3) is 0.769. The van der Waals surface area contributed by atoms with Crippen LogP contribution in [0.1, 0.15) is 26.7 Å². The molecule has 6 nitrogen and oxygen atoms in total. The first kappa shape index (κ1) is 13.8. The lowest BCUT2D eigenvalue weighted by atomic mass is 10.0. The maximum absolute atomic E-state index is 12.4. The molecule has 2 rings (SSSR count). The Morgan fingerprint density at radius 2 is 2.16 bits per heavy atom. The van der Waals surface area contributed by atoms with Crippen LogP contribution in [0.5, 0.6) is 0 Å². The van der Waals surface area contributed by atoms with E-state index in [9.17, 15) is 9.59 Å². The number of carbonyl (C=O) groups excluding carboxylic acids is 2. The van der Waals surface area contributed by atoms with E-state index in [1.165, 1.54) is 4.90 Å². The van der Waals surface area contributed by atoms with Crippen LogP contribution in [0.15, 0.2) is 0 Å². The quantitative estimate of drug-likeness (QED) is 0.781. The number of hydrogen-bond acceptors (Lipinski definition) is 4. The van der Waals surface area contributed by atoms with Crippen molar-refractivity contribution in [1.29, 1.82) is 5.26 Å². The maximum atomic E-state index is 12.4. The van der Waals surface area contributed by atoms with Crippen molar-refractivity contribution in [2.45, 2.75) is 38.8 Å². The molecular formula is C13H19N3O3. The van der Waals surface area contributed by atoms with Gasteiger partial charge in [-0.25, -0.2) is 0 Å². The van der Waals surface area contributed by atoms with Gasteiger partial charge in [0.2, 0.25) is 11.8 Å². The molecule has 2 aliphatic rings. The van der Waals surface area contributed by atoms with Crippen LogP contribution in [0.2, 0.25) is 0 Å². The topological polar surface area (TPSA) is 82.4 Å². The predicted molar refractivity (Wildman–Crippen MR) is 66.9 cm³/mol. The van der Waals surface area contributed by atoms with Gasteiger partial charge in [-0.3, -0.25) is 9.59 Å². The third kappa shape index (κ3) is 2.71. The van der Waals surface area contributed by atoms with Crippen LogP contribution >= 0.6 is 0 Å². The Kier molecular flexibility index (Phi) is 3.76. The van der Waals surface area contributed by atoms with Gasteiger partial charge in [-0.05, 0) is 26.7 Å². The average molecular weight is 265 g/mol. The second-order valence-electron chi connectivity index (χ2n) is 5.45. The summed E-state index contributed by atoms with van der Waals surface area (Å²) in [4.78, 5) is 26.0. The molecule has 0 bridgehead atoms. The molecule has 1 N–H and O–H groups in total. The number of amides is 2. The second kappa shape index (κ2) is 5.17. The SMILES string of the molecule is CC(C)NC(=O)C1COCCN1C(=O)C1(C#N)CC1. The molecule has 1 atom stereocenters. The lowest BCUT2D eigenvalue weighted by molar-refractivity contribution is -0.151. The van der Waals surface area contributed by atoms with Gasteiger partial charge in [0.25, 0.3) is 0 Å². The monoisotopic (exact) mass is 265 g/mol. The Balaban J connectivity index is 2.10. The fourth-order valence-corrected chi connectivity index (χ4v) is 2.22. The van der Waals surface area contributed by atoms with Crippen molar-refractivity contribution in [3.8, 4) is 6.07 Å². The van der Waals surface area contributed by atoms with E-state index in [1.807, 2.05) is 13.8 Å². The minimum absolute atomic E-state index is 0.0113. The number of nitrogens with zero attached hydrogens (tertiary/aromatic N) is 2. The predicted octanol–water partition coefficient (Wildman–Crippen LogP) is 0.0422. The molecule has 0 radical (unpaired) electrons. The number of nitriles is 1. The molecule has 0 spiro atoms. The molecule has 0 aromatic heterocycles. The first-order valence-corrected chi connectivity index (χ1v) is 6.60. The van der Waals surface area contributed by atoms with Gasteiger partial charge in [0.05, 0.1) is 19.3 Å². The highest BCUT2D eigenvalue weighted by Gasteiger charge is 2.54. The first-order chi connectivity index (χ1) is 9.00. The molecule has 0 aromatic carbocycles. The molecule has 1 aliphatic heterocycles. The van der Waals surface area contributed by atoms with E-state index < -0.39 is 11.5 Å². The molecule has 1 heterocycles. The van der Waals surface area contributed by atoms with E-state index in [0.717, 1.165) is 0 Å². The van der Waals surface area contributed by atoms with Gasteiger partial charge in [0, 0.05) is 12.6 Å². The summed E-state index contributed by atoms with van der Waals surface area (Å²) in [5.74, 6) is -0.431. The summed E-state index contributed by atoms with van der Waals surface area (Å²) in [6.07, 6.45) is 1.19. The van der Waals surface area contributed by atoms with E-state index in [4.69, 9.17) is 10.00 Å². The lowest BCUT2D eigenvalue weighted by Crippen LogP contribution is -2.58. The van der Waals surface area contributed by atoms with E-state index in [-0.39, 0.29) is 24.5 Å². The van der Waals surface area contributed by atoms with Crippen LogP contribution in [-0.4, -0.2) is 48.6 Å². The Labute approximate surface area is 112 Å². The van der Waals surface area contributed by atoms with Gasteiger partial charge in [0.1, 0.15) is 11.5 Å². The van der Waals surface area contributed by atoms with Crippen LogP contribution in [0.25, 0.3) is 0 Å². The van der Waals surface area contributed by atoms with Crippen molar-refractivity contribution in [1.82, 2.24) is 10.2 Å². The standard InChI is InChI=1S/C13H19N3O3/c1-9(2)15-11(17)10-7-19-6-5-16(10)12(18)13(8-14)3-4-13/h9-10H,3-7H2,1-2H3,(H,15,17). The minimum Gasteiger partial charge on any atom is -0.377 e. The second-order valence-corrected chi connectivity index (χ2v) is 5.45. The smallest absolute Gasteiger partial charge is 0.245 e. The summed E-state index contributed by atoms with van der Waals surface area (Å²) in [6.45, 7) is 4.72. The molecular weight excluding hydrogens is 246 g/mol. The molecule has 6 heteroatoms. The lowest BCUT2D eigenvalue weighted by Gasteiger charge is -2.36. The molecule has 1 unspecified atom stereocenters. The van der Waals surface area contributed by atoms with E-state index in [1.54, 1.807) is 0 Å². The Morgan fingerprint density at radius 3 is 2.68 bits per heavy atom. The molecule has 104 valence electrons. The third-order valence-corrected chi connectivity index (χ3v) is 3.50. The first-order valence-electron chi connectivity index (χ1n) is 6.60. The molecule has 2 amide bonds. The van der Waals surface area contributed by atoms with Crippen molar-refractivity contribution in [2.24, 2.45) is 5.41 Å². The largest absolute Gasteiger partial charge is 0.377 e. The van der Waals surface area contributed by atoms with Crippen LogP contribution in [0.3, 0.4) is 0 Å². The highest BCUT2D eigenvalue weighted by atomic mass is 16.5. The zero-order chi connectivity index (χ0) is 14.0. The van der Waals surface area contributed by atoms with Crippen molar-refractivity contribution in [2.75, 3.05) is 19.8 Å². The van der Waals surface area contributed by atoms with Crippen molar-refractivity contribution in [3.63, 3.8) is 0 Å². The normalized spacial score (nSPS) is 24.7. The molecule has 0 aromatic rings. The van der Waals surface area contributed by atoms with E-state index in [2.05, 4.69) is 11.4 Å². The highest BCUT2D eigenvalue weighted by molar-refractivity contribution is 5.93. The summed E-state index contributed by atoms with van der Waals surface area (Å²) in [5, 5.41) is 11.9. The molecule has 19 heavy (non-hydrogen) atoms. The number of carbonyl (C=O) groups is 2. The van der Waals surface area contributed by atoms with Gasteiger partial charge in [-0.2, -0.15) is 5.26 Å². The molecule has 1 saturated carbocycles. The van der Waals surface area contributed by atoms with Gasteiger partial charge >= 0.3 is 0 Å². The summed E-state index contributed by atoms with van der Waals surface area (Å²) >= 11 is 0. The zero-order valence-electron chi connectivity index (χ0n) is 11.3. The number of nitrogens with one attached hydrogen (secondary N) is 1. The maximum Gasteiger partial charge on any atom is 0.245 e. The summed E-state index contributed by atoms with van der Waals surface area (Å²) in [5.41, 5.74) is -0.881. The molecule has 1 aliphatic carbocycles. The third-order valence-electron chi connectivity index (χ3n) is 3.50. The van der Waals surface area contributed by atoms with Crippen LogP contribution in [0, 0.1) is 16.7 Å². The zero-order valence-corrected chi connectivity index (χ0v) is 11.3. The minimum atomic E-state index is -0.881. The fourth-order valence-electron chi connectivity index (χ4n) is 2.22. The van der Waals surface area contributed by atoms with E-state index in [0.29, 0.717) is 26.0 Å². The Morgan fingerprint density at radius 1 is 1.47 bits per heavy atom. The summed E-state index contributed by atoms with van der Waals surface area (Å²) in [7, 11) is 0. The summed E-state index contributed by atoms with van der Waals surface area (Å²) < 4.78 is 5.29. The highest BCUT2D eigenvalue weighted by Crippen LogP contribution is 2.46. The Bertz CT molecular complexity index is 423. The van der Waals surface area contributed by atoms with Gasteiger partial charge in [0.15, 0.2) is 0 Å². The van der Waals surface area contributed by atoms with Crippen LogP contribution < -0.4 is 5.32 Å². The molecule has 1 saturated heterocycles. The summed E-state index contributed by atoms with van der Waals surface area (Å²) in [6, 6.07) is 1.48. The van der Waals surface area contributed by atoms with E-state index >= 15 is 0 Å². The van der Waals surface area contributed by atoms with Crippen molar-refractivity contribution < 1.29 is 14.3 Å². The van der Waals surface area contributed by atoms with Crippen molar-refractivity contribution >= 4 is 11.8 Å². The van der Waals surface area contributed by atoms with Gasteiger partial charge in [-0.15, -0.1) is 0 Å². The van der Waals surface area contributed by atoms with Crippen molar-refractivity contribution in [3.05, 3.63) is 0 Å². The molecule has 2 fully saturated rings.